The van der Waals surface area contributed by atoms with Crippen molar-refractivity contribution in [3.8, 4) is 6.07 Å². The van der Waals surface area contributed by atoms with E-state index < -0.39 is 23.4 Å². The standard InChI is InChI=1S/C21H16BrClN4O3/c22-14-5-2-6-16-18(14)26-17(30-16)10-15(20(29)27-21(11-24)7-8-21)25-19(28)12-3-1-4-13(23)9-12/h1-6,9,15H,7-8,10H2,(H,25,28)(H,27,29)/t15-/m0/s1. The molecule has 1 aliphatic rings. The highest BCUT2D eigenvalue weighted by Crippen LogP contribution is 2.34. The molecule has 2 N–H and O–H groups in total. The van der Waals surface area contributed by atoms with Gasteiger partial charge in [0, 0.05) is 15.1 Å². The summed E-state index contributed by atoms with van der Waals surface area (Å²) in [4.78, 5) is 30.0. The topological polar surface area (TPSA) is 108 Å². The van der Waals surface area contributed by atoms with Gasteiger partial charge in [-0.1, -0.05) is 23.7 Å². The predicted octanol–water partition coefficient (Wildman–Crippen LogP) is 3.76. The SMILES string of the molecule is N#CC1(NC(=O)[C@H](Cc2nc3c(Br)cccc3o2)NC(=O)c2cccc(Cl)c2)CC1. The van der Waals surface area contributed by atoms with Crippen LogP contribution in [0.25, 0.3) is 11.1 Å². The van der Waals surface area contributed by atoms with Crippen LogP contribution in [0.3, 0.4) is 0 Å². The van der Waals surface area contributed by atoms with Crippen LogP contribution >= 0.6 is 27.5 Å². The maximum Gasteiger partial charge on any atom is 0.251 e. The summed E-state index contributed by atoms with van der Waals surface area (Å²) < 4.78 is 6.51. The summed E-state index contributed by atoms with van der Waals surface area (Å²) in [5.74, 6) is -0.632. The summed E-state index contributed by atoms with van der Waals surface area (Å²) in [6, 6.07) is 13.0. The second-order valence-electron chi connectivity index (χ2n) is 7.12. The molecule has 2 aromatic carbocycles. The van der Waals surface area contributed by atoms with Crippen molar-refractivity contribution in [3.05, 3.63) is 63.4 Å². The molecule has 0 bridgehead atoms. The molecule has 1 saturated carbocycles. The molecular weight excluding hydrogens is 472 g/mol. The Balaban J connectivity index is 1.59. The minimum absolute atomic E-state index is 0.0285. The number of benzene rings is 2. The highest BCUT2D eigenvalue weighted by Gasteiger charge is 2.45. The van der Waals surface area contributed by atoms with Gasteiger partial charge in [-0.25, -0.2) is 4.98 Å². The minimum atomic E-state index is -0.978. The fourth-order valence-corrected chi connectivity index (χ4v) is 3.64. The molecule has 3 aromatic rings. The Morgan fingerprint density at radius 1 is 1.30 bits per heavy atom. The molecule has 0 spiro atoms. The van der Waals surface area contributed by atoms with Crippen molar-refractivity contribution in [1.29, 1.82) is 5.26 Å². The lowest BCUT2D eigenvalue weighted by molar-refractivity contribution is -0.123. The second kappa shape index (κ2) is 8.09. The first-order valence-corrected chi connectivity index (χ1v) is 10.4. The van der Waals surface area contributed by atoms with Gasteiger partial charge >= 0.3 is 0 Å². The zero-order valence-electron chi connectivity index (χ0n) is 15.6. The number of nitriles is 1. The van der Waals surface area contributed by atoms with Gasteiger partial charge in [0.25, 0.3) is 5.91 Å². The van der Waals surface area contributed by atoms with Crippen molar-refractivity contribution in [2.24, 2.45) is 0 Å². The lowest BCUT2D eigenvalue weighted by Gasteiger charge is -2.19. The van der Waals surface area contributed by atoms with Gasteiger partial charge in [0.05, 0.1) is 12.5 Å². The number of para-hydroxylation sites is 1. The molecule has 4 rings (SSSR count). The molecule has 0 saturated heterocycles. The lowest BCUT2D eigenvalue weighted by Crippen LogP contribution is -2.51. The Kier molecular flexibility index (Phi) is 5.50. The highest BCUT2D eigenvalue weighted by atomic mass is 79.9. The molecule has 1 fully saturated rings. The molecule has 1 atom stereocenters. The molecule has 30 heavy (non-hydrogen) atoms. The monoisotopic (exact) mass is 486 g/mol. The van der Waals surface area contributed by atoms with Crippen molar-refractivity contribution in [2.75, 3.05) is 0 Å². The number of halogens is 2. The van der Waals surface area contributed by atoms with Crippen LogP contribution in [0.15, 0.2) is 51.4 Å². The summed E-state index contributed by atoms with van der Waals surface area (Å²) in [5, 5.41) is 15.1. The van der Waals surface area contributed by atoms with E-state index in [0.717, 1.165) is 4.47 Å². The molecule has 0 unspecified atom stereocenters. The summed E-state index contributed by atoms with van der Waals surface area (Å²) in [6.45, 7) is 0. The maximum absolute atomic E-state index is 12.9. The molecule has 0 aliphatic heterocycles. The van der Waals surface area contributed by atoms with Gasteiger partial charge in [-0.15, -0.1) is 0 Å². The van der Waals surface area contributed by atoms with E-state index >= 15 is 0 Å². The third-order valence-corrected chi connectivity index (χ3v) is 5.70. The Bertz CT molecular complexity index is 1180. The maximum atomic E-state index is 12.9. The minimum Gasteiger partial charge on any atom is -0.441 e. The third kappa shape index (κ3) is 4.32. The molecule has 9 heteroatoms. The number of hydrogen-bond acceptors (Lipinski definition) is 5. The quantitative estimate of drug-likeness (QED) is 0.550. The lowest BCUT2D eigenvalue weighted by atomic mass is 10.1. The van der Waals surface area contributed by atoms with Crippen LogP contribution < -0.4 is 10.6 Å². The average molecular weight is 488 g/mol. The number of aromatic nitrogens is 1. The molecule has 1 heterocycles. The highest BCUT2D eigenvalue weighted by molar-refractivity contribution is 9.10. The average Bonchev–Trinajstić information content (AvgIpc) is 3.37. The number of carbonyl (C=O) groups is 2. The number of nitrogens with zero attached hydrogens (tertiary/aromatic N) is 2. The van der Waals surface area contributed by atoms with E-state index in [2.05, 4.69) is 37.6 Å². The number of fused-ring (bicyclic) bond motifs is 1. The fourth-order valence-electron chi connectivity index (χ4n) is 3.02. The Labute approximate surface area is 185 Å². The Morgan fingerprint density at radius 2 is 2.07 bits per heavy atom. The number of carbonyl (C=O) groups excluding carboxylic acids is 2. The normalized spacial score (nSPS) is 15.2. The van der Waals surface area contributed by atoms with E-state index in [1.807, 2.05) is 12.1 Å². The summed E-state index contributed by atoms with van der Waals surface area (Å²) in [7, 11) is 0. The van der Waals surface area contributed by atoms with Gasteiger partial charge in [0.1, 0.15) is 17.1 Å². The summed E-state index contributed by atoms with van der Waals surface area (Å²) in [6.07, 6.45) is 1.20. The summed E-state index contributed by atoms with van der Waals surface area (Å²) in [5.41, 5.74) is 0.654. The first-order valence-electron chi connectivity index (χ1n) is 9.23. The number of amides is 2. The van der Waals surface area contributed by atoms with Gasteiger partial charge in [0.15, 0.2) is 11.5 Å². The van der Waals surface area contributed by atoms with Crippen LogP contribution in [0.4, 0.5) is 0 Å². The second-order valence-corrected chi connectivity index (χ2v) is 8.41. The van der Waals surface area contributed by atoms with E-state index in [1.54, 1.807) is 24.3 Å². The van der Waals surface area contributed by atoms with Crippen LogP contribution in [0.1, 0.15) is 29.1 Å². The van der Waals surface area contributed by atoms with Crippen LogP contribution in [0.5, 0.6) is 0 Å². The van der Waals surface area contributed by atoms with Crippen molar-refractivity contribution < 1.29 is 14.0 Å². The molecule has 1 aliphatic carbocycles. The first-order chi connectivity index (χ1) is 14.4. The van der Waals surface area contributed by atoms with E-state index in [0.29, 0.717) is 40.4 Å². The molecule has 1 aromatic heterocycles. The molecular formula is C21H16BrClN4O3. The third-order valence-electron chi connectivity index (χ3n) is 4.83. The zero-order chi connectivity index (χ0) is 21.3. The van der Waals surface area contributed by atoms with Crippen LogP contribution in [0, 0.1) is 11.3 Å². The number of rotatable bonds is 6. The van der Waals surface area contributed by atoms with E-state index in [9.17, 15) is 14.9 Å². The fraction of sp³-hybridized carbons (Fsp3) is 0.238. The van der Waals surface area contributed by atoms with E-state index in [-0.39, 0.29) is 6.42 Å². The Morgan fingerprint density at radius 3 is 2.73 bits per heavy atom. The predicted molar refractivity (Wildman–Crippen MR) is 114 cm³/mol. The van der Waals surface area contributed by atoms with Crippen molar-refractivity contribution in [2.45, 2.75) is 30.8 Å². The number of hydrogen-bond donors (Lipinski definition) is 2. The largest absolute Gasteiger partial charge is 0.441 e. The van der Waals surface area contributed by atoms with Crippen molar-refractivity contribution in [3.63, 3.8) is 0 Å². The Hall–Kier alpha value is -2.89. The van der Waals surface area contributed by atoms with Crippen molar-refractivity contribution in [1.82, 2.24) is 15.6 Å². The van der Waals surface area contributed by atoms with Crippen LogP contribution in [0.2, 0.25) is 5.02 Å². The van der Waals surface area contributed by atoms with Crippen LogP contribution in [-0.4, -0.2) is 28.4 Å². The van der Waals surface area contributed by atoms with Gasteiger partial charge in [-0.05, 0) is 59.1 Å². The molecule has 152 valence electrons. The molecule has 7 nitrogen and oxygen atoms in total. The zero-order valence-corrected chi connectivity index (χ0v) is 18.0. The van der Waals surface area contributed by atoms with Gasteiger partial charge in [-0.3, -0.25) is 9.59 Å². The van der Waals surface area contributed by atoms with E-state index in [1.165, 1.54) is 6.07 Å². The van der Waals surface area contributed by atoms with E-state index in [4.69, 9.17) is 16.0 Å². The molecule has 0 radical (unpaired) electrons. The molecule has 2 amide bonds. The van der Waals surface area contributed by atoms with Crippen LogP contribution in [-0.2, 0) is 11.2 Å². The van der Waals surface area contributed by atoms with Crippen molar-refractivity contribution >= 4 is 50.4 Å². The van der Waals surface area contributed by atoms with Gasteiger partial charge in [0.2, 0.25) is 5.91 Å². The number of nitrogens with one attached hydrogen (secondary N) is 2. The van der Waals surface area contributed by atoms with Gasteiger partial charge < -0.3 is 15.1 Å². The smallest absolute Gasteiger partial charge is 0.251 e. The summed E-state index contributed by atoms with van der Waals surface area (Å²) >= 11 is 9.39. The number of oxazole rings is 1. The van der Waals surface area contributed by atoms with Gasteiger partial charge in [-0.2, -0.15) is 5.26 Å². The first kappa shape index (κ1) is 20.4.